The summed E-state index contributed by atoms with van der Waals surface area (Å²) in [7, 11) is 2.10. The van der Waals surface area contributed by atoms with Gasteiger partial charge in [0.05, 0.1) is 0 Å². The van der Waals surface area contributed by atoms with Crippen molar-refractivity contribution < 1.29 is 4.42 Å². The molecule has 0 atom stereocenters. The molecule has 0 N–H and O–H groups in total. The zero-order valence-corrected chi connectivity index (χ0v) is 21.0. The van der Waals surface area contributed by atoms with E-state index in [0.717, 1.165) is 21.9 Å². The first kappa shape index (κ1) is 21.3. The van der Waals surface area contributed by atoms with Gasteiger partial charge in [0.15, 0.2) is 0 Å². The number of hydrogen-bond acceptors (Lipinski definition) is 1. The highest BCUT2D eigenvalue weighted by Crippen LogP contribution is 2.38. The number of hydrogen-bond donors (Lipinski definition) is 0. The van der Waals surface area contributed by atoms with Gasteiger partial charge in [-0.05, 0) is 84.9 Å². The summed E-state index contributed by atoms with van der Waals surface area (Å²) in [5.74, 6) is 0. The van der Waals surface area contributed by atoms with Crippen LogP contribution in [0.5, 0.6) is 0 Å². The van der Waals surface area contributed by atoms with Crippen LogP contribution in [0.1, 0.15) is 0 Å². The van der Waals surface area contributed by atoms with Crippen molar-refractivity contribution in [2.45, 2.75) is 0 Å². The topological polar surface area (TPSA) is 13.1 Å². The maximum Gasteiger partial charge on any atom is 0.139 e. The molecule has 0 saturated carbocycles. The summed E-state index contributed by atoms with van der Waals surface area (Å²) in [6, 6.07) is 46.2. The first-order valence-corrected chi connectivity index (χ1v) is 13.1. The Morgan fingerprint density at radius 3 is 1.55 bits per heavy atom. The summed E-state index contributed by atoms with van der Waals surface area (Å²) >= 11 is 0. The van der Waals surface area contributed by atoms with Gasteiger partial charge in [-0.3, -0.25) is 0 Å². The number of furan rings is 1. The van der Waals surface area contributed by atoms with Gasteiger partial charge in [-0.15, -0.1) is 0 Å². The molecule has 38 heavy (non-hydrogen) atoms. The van der Waals surface area contributed by atoms with Crippen LogP contribution in [0.15, 0.2) is 132 Å². The van der Waals surface area contributed by atoms with Crippen molar-refractivity contribution in [1.29, 1.82) is 0 Å². The van der Waals surface area contributed by atoms with Crippen molar-refractivity contribution in [1.82, 2.24) is 0 Å². The second kappa shape index (κ2) is 8.09. The lowest BCUT2D eigenvalue weighted by molar-refractivity contribution is 0.669. The molecule has 7 aromatic carbocycles. The minimum Gasteiger partial charge on any atom is -0.456 e. The molecule has 0 spiro atoms. The zero-order valence-electron chi connectivity index (χ0n) is 21.0. The normalized spacial score (nSPS) is 11.8. The van der Waals surface area contributed by atoms with Gasteiger partial charge < -0.3 is 4.42 Å². The van der Waals surface area contributed by atoms with Gasteiger partial charge in [0, 0.05) is 10.8 Å². The number of benzene rings is 7. The van der Waals surface area contributed by atoms with Crippen LogP contribution in [0.2, 0.25) is 0 Å². The van der Waals surface area contributed by atoms with E-state index in [0.29, 0.717) is 0 Å². The van der Waals surface area contributed by atoms with Gasteiger partial charge in [0.2, 0.25) is 0 Å². The van der Waals surface area contributed by atoms with Crippen molar-refractivity contribution >= 4 is 67.6 Å². The van der Waals surface area contributed by atoms with E-state index in [9.17, 15) is 0 Å². The van der Waals surface area contributed by atoms with Gasteiger partial charge in [-0.2, -0.15) is 0 Å². The van der Waals surface area contributed by atoms with Crippen molar-refractivity contribution in [2.75, 3.05) is 0 Å². The Labute approximate surface area is 221 Å². The van der Waals surface area contributed by atoms with E-state index in [-0.39, 0.29) is 0 Å². The molecule has 0 unspecified atom stereocenters. The second-order valence-corrected chi connectivity index (χ2v) is 10.2. The standard InChI is InChI=1S/C36H23BO/c37-26-14-16-32-34-20-25(13-17-35(34)38-36(32)21-26)23-7-5-6-22(18-23)24-12-15-31-29-10-2-1-8-27(29)28-9-3-4-11-30(28)33(31)19-24/h1-21H,37H2. The number of fused-ring (bicyclic) bond motifs is 9. The summed E-state index contributed by atoms with van der Waals surface area (Å²) in [5, 5.41) is 10.1. The summed E-state index contributed by atoms with van der Waals surface area (Å²) in [6.07, 6.45) is 0. The lowest BCUT2D eigenvalue weighted by Gasteiger charge is -2.12. The predicted octanol–water partition coefficient (Wildman–Crippen LogP) is 8.64. The summed E-state index contributed by atoms with van der Waals surface area (Å²) in [6.45, 7) is 0. The van der Waals surface area contributed by atoms with Gasteiger partial charge >= 0.3 is 0 Å². The average molecular weight is 482 g/mol. The van der Waals surface area contributed by atoms with Crippen LogP contribution in [0, 0.1) is 0 Å². The van der Waals surface area contributed by atoms with Gasteiger partial charge in [-0.25, -0.2) is 0 Å². The third kappa shape index (κ3) is 3.20. The average Bonchev–Trinajstić information content (AvgIpc) is 3.34. The minimum atomic E-state index is 0.930. The Bertz CT molecular complexity index is 2170. The Morgan fingerprint density at radius 2 is 0.868 bits per heavy atom. The molecule has 0 aliphatic carbocycles. The van der Waals surface area contributed by atoms with Gasteiger partial charge in [-0.1, -0.05) is 103 Å². The number of rotatable bonds is 2. The van der Waals surface area contributed by atoms with Crippen molar-refractivity contribution in [2.24, 2.45) is 0 Å². The highest BCUT2D eigenvalue weighted by atomic mass is 16.3. The maximum atomic E-state index is 6.12. The van der Waals surface area contributed by atoms with Crippen LogP contribution < -0.4 is 5.46 Å². The Morgan fingerprint density at radius 1 is 0.342 bits per heavy atom. The van der Waals surface area contributed by atoms with Crippen LogP contribution in [0.25, 0.3) is 76.5 Å². The Hall–Kier alpha value is -4.82. The lowest BCUT2D eigenvalue weighted by atomic mass is 9.91. The summed E-state index contributed by atoms with van der Waals surface area (Å²) < 4.78 is 6.12. The first-order valence-electron chi connectivity index (χ1n) is 13.1. The molecule has 8 rings (SSSR count). The van der Waals surface area contributed by atoms with E-state index in [2.05, 4.69) is 135 Å². The van der Waals surface area contributed by atoms with E-state index in [1.807, 2.05) is 0 Å². The van der Waals surface area contributed by atoms with Gasteiger partial charge in [0.1, 0.15) is 19.0 Å². The molecule has 0 saturated heterocycles. The molecule has 0 amide bonds. The van der Waals surface area contributed by atoms with Crippen LogP contribution in [-0.4, -0.2) is 7.85 Å². The van der Waals surface area contributed by atoms with Crippen LogP contribution in [-0.2, 0) is 0 Å². The quantitative estimate of drug-likeness (QED) is 0.178. The third-order valence-corrected chi connectivity index (χ3v) is 7.90. The fourth-order valence-corrected chi connectivity index (χ4v) is 6.03. The third-order valence-electron chi connectivity index (χ3n) is 7.90. The van der Waals surface area contributed by atoms with Gasteiger partial charge in [0.25, 0.3) is 0 Å². The molecule has 176 valence electrons. The SMILES string of the molecule is Bc1ccc2c(c1)oc1ccc(-c3cccc(-c4ccc5c6ccccc6c6ccccc6c5c4)c3)cc12. The minimum absolute atomic E-state index is 0.930. The van der Waals surface area contributed by atoms with Crippen LogP contribution in [0.4, 0.5) is 0 Å². The molecule has 2 heteroatoms. The van der Waals surface area contributed by atoms with Crippen molar-refractivity contribution in [3.63, 3.8) is 0 Å². The van der Waals surface area contributed by atoms with E-state index in [1.54, 1.807) is 0 Å². The molecule has 0 fully saturated rings. The zero-order chi connectivity index (χ0) is 25.2. The summed E-state index contributed by atoms with van der Waals surface area (Å²) in [5.41, 5.74) is 7.93. The Balaban J connectivity index is 1.30. The van der Waals surface area contributed by atoms with Crippen LogP contribution in [0.3, 0.4) is 0 Å². The highest BCUT2D eigenvalue weighted by molar-refractivity contribution is 6.33. The monoisotopic (exact) mass is 482 g/mol. The molecular formula is C36H23BO. The maximum absolute atomic E-state index is 6.12. The highest BCUT2D eigenvalue weighted by Gasteiger charge is 2.12. The fraction of sp³-hybridized carbons (Fsp3) is 0. The molecular weight excluding hydrogens is 459 g/mol. The molecule has 1 nitrogen and oxygen atoms in total. The van der Waals surface area contributed by atoms with E-state index in [4.69, 9.17) is 4.42 Å². The smallest absolute Gasteiger partial charge is 0.139 e. The first-order chi connectivity index (χ1) is 18.7. The molecule has 1 heterocycles. The molecule has 1 aromatic heterocycles. The second-order valence-electron chi connectivity index (χ2n) is 10.2. The lowest BCUT2D eigenvalue weighted by Crippen LogP contribution is -1.98. The van der Waals surface area contributed by atoms with E-state index in [1.165, 1.54) is 60.0 Å². The molecule has 0 radical (unpaired) electrons. The molecule has 0 bridgehead atoms. The predicted molar refractivity (Wildman–Crippen MR) is 165 cm³/mol. The largest absolute Gasteiger partial charge is 0.456 e. The van der Waals surface area contributed by atoms with E-state index >= 15 is 0 Å². The molecule has 8 aromatic rings. The Kier molecular flexibility index (Phi) is 4.53. The van der Waals surface area contributed by atoms with Crippen LogP contribution >= 0.6 is 0 Å². The van der Waals surface area contributed by atoms with Crippen molar-refractivity contribution in [3.05, 3.63) is 127 Å². The molecule has 0 aliphatic rings. The summed E-state index contributed by atoms with van der Waals surface area (Å²) in [4.78, 5) is 0. The fourth-order valence-electron chi connectivity index (χ4n) is 6.03. The molecule has 0 aliphatic heterocycles. The van der Waals surface area contributed by atoms with Crippen molar-refractivity contribution in [3.8, 4) is 22.3 Å². The van der Waals surface area contributed by atoms with E-state index < -0.39 is 0 Å².